The van der Waals surface area contributed by atoms with Crippen LogP contribution in [0.4, 0.5) is 0 Å². The van der Waals surface area contributed by atoms with Crippen molar-refractivity contribution in [3.8, 4) is 11.3 Å². The number of nitrogens with zero attached hydrogens (tertiary/aromatic N) is 2. The standard InChI is InChI=1S/C12H8Cl2N2O2/c1-18-12(17)11-6-15-10(5-16-11)8-3-2-7(13)4-9(8)14/h2-6H,1H3. The first kappa shape index (κ1) is 12.8. The van der Waals surface area contributed by atoms with E-state index in [9.17, 15) is 4.79 Å². The Morgan fingerprint density at radius 3 is 2.56 bits per heavy atom. The second-order valence-electron chi connectivity index (χ2n) is 3.40. The Labute approximate surface area is 114 Å². The molecule has 0 radical (unpaired) electrons. The predicted octanol–water partition coefficient (Wildman–Crippen LogP) is 3.24. The molecule has 0 spiro atoms. The molecule has 92 valence electrons. The Morgan fingerprint density at radius 1 is 1.22 bits per heavy atom. The summed E-state index contributed by atoms with van der Waals surface area (Å²) in [5, 5.41) is 1.02. The third-order valence-electron chi connectivity index (χ3n) is 2.25. The van der Waals surface area contributed by atoms with E-state index in [4.69, 9.17) is 23.2 Å². The lowest BCUT2D eigenvalue weighted by atomic mass is 10.1. The van der Waals surface area contributed by atoms with Crippen LogP contribution in [-0.2, 0) is 4.74 Å². The highest BCUT2D eigenvalue weighted by molar-refractivity contribution is 6.36. The van der Waals surface area contributed by atoms with Gasteiger partial charge in [0.15, 0.2) is 5.69 Å². The van der Waals surface area contributed by atoms with Gasteiger partial charge < -0.3 is 4.74 Å². The van der Waals surface area contributed by atoms with Crippen molar-refractivity contribution in [1.82, 2.24) is 9.97 Å². The van der Waals surface area contributed by atoms with Crippen LogP contribution in [0.3, 0.4) is 0 Å². The minimum absolute atomic E-state index is 0.145. The van der Waals surface area contributed by atoms with Crippen LogP contribution in [0.25, 0.3) is 11.3 Å². The van der Waals surface area contributed by atoms with Gasteiger partial charge in [-0.2, -0.15) is 0 Å². The first-order chi connectivity index (χ1) is 8.61. The second-order valence-corrected chi connectivity index (χ2v) is 4.25. The van der Waals surface area contributed by atoms with Crippen LogP contribution in [0.5, 0.6) is 0 Å². The quantitative estimate of drug-likeness (QED) is 0.794. The molecular formula is C12H8Cl2N2O2. The van der Waals surface area contributed by atoms with Crippen LogP contribution in [-0.4, -0.2) is 23.0 Å². The van der Waals surface area contributed by atoms with Crippen LogP contribution in [0.15, 0.2) is 30.6 Å². The fraction of sp³-hybridized carbons (Fsp3) is 0.0833. The van der Waals surface area contributed by atoms with Gasteiger partial charge in [-0.3, -0.25) is 4.98 Å². The monoisotopic (exact) mass is 282 g/mol. The molecule has 0 fully saturated rings. The summed E-state index contributed by atoms with van der Waals surface area (Å²) < 4.78 is 4.54. The van der Waals surface area contributed by atoms with Crippen molar-refractivity contribution in [2.24, 2.45) is 0 Å². The molecule has 0 saturated heterocycles. The first-order valence-corrected chi connectivity index (χ1v) is 5.73. The van der Waals surface area contributed by atoms with Crippen LogP contribution >= 0.6 is 23.2 Å². The second kappa shape index (κ2) is 5.33. The van der Waals surface area contributed by atoms with Crippen molar-refractivity contribution in [2.75, 3.05) is 7.11 Å². The lowest BCUT2D eigenvalue weighted by Crippen LogP contribution is -2.04. The van der Waals surface area contributed by atoms with Gasteiger partial charge in [0.25, 0.3) is 0 Å². The number of halogens is 2. The van der Waals surface area contributed by atoms with E-state index in [0.29, 0.717) is 21.3 Å². The summed E-state index contributed by atoms with van der Waals surface area (Å²) in [4.78, 5) is 19.3. The van der Waals surface area contributed by atoms with Gasteiger partial charge in [-0.05, 0) is 18.2 Å². The highest BCUT2D eigenvalue weighted by Gasteiger charge is 2.10. The van der Waals surface area contributed by atoms with Crippen molar-refractivity contribution in [3.63, 3.8) is 0 Å². The van der Waals surface area contributed by atoms with Gasteiger partial charge in [0, 0.05) is 10.6 Å². The molecule has 0 unspecified atom stereocenters. The lowest BCUT2D eigenvalue weighted by molar-refractivity contribution is 0.0593. The molecule has 0 aliphatic rings. The Hall–Kier alpha value is -1.65. The van der Waals surface area contributed by atoms with Gasteiger partial charge in [-0.25, -0.2) is 9.78 Å². The van der Waals surface area contributed by atoms with E-state index in [1.165, 1.54) is 19.5 Å². The van der Waals surface area contributed by atoms with E-state index in [-0.39, 0.29) is 5.69 Å². The third-order valence-corrected chi connectivity index (χ3v) is 2.80. The molecule has 1 heterocycles. The van der Waals surface area contributed by atoms with Crippen LogP contribution in [0.2, 0.25) is 10.0 Å². The maximum absolute atomic E-state index is 11.2. The Kier molecular flexibility index (Phi) is 3.79. The average Bonchev–Trinajstić information content (AvgIpc) is 2.38. The van der Waals surface area contributed by atoms with E-state index >= 15 is 0 Å². The zero-order chi connectivity index (χ0) is 13.1. The topological polar surface area (TPSA) is 52.1 Å². The van der Waals surface area contributed by atoms with E-state index in [2.05, 4.69) is 14.7 Å². The van der Waals surface area contributed by atoms with Gasteiger partial charge in [0.05, 0.1) is 30.2 Å². The summed E-state index contributed by atoms with van der Waals surface area (Å²) in [6.45, 7) is 0. The van der Waals surface area contributed by atoms with Crippen molar-refractivity contribution in [2.45, 2.75) is 0 Å². The molecule has 0 aliphatic heterocycles. The maximum atomic E-state index is 11.2. The van der Waals surface area contributed by atoms with E-state index < -0.39 is 5.97 Å². The number of methoxy groups -OCH3 is 1. The highest BCUT2D eigenvalue weighted by atomic mass is 35.5. The summed E-state index contributed by atoms with van der Waals surface area (Å²) in [7, 11) is 1.29. The van der Waals surface area contributed by atoms with E-state index in [1.54, 1.807) is 18.2 Å². The van der Waals surface area contributed by atoms with Gasteiger partial charge in [-0.15, -0.1) is 0 Å². The SMILES string of the molecule is COC(=O)c1cnc(-c2ccc(Cl)cc2Cl)cn1. The zero-order valence-electron chi connectivity index (χ0n) is 9.35. The number of hydrogen-bond donors (Lipinski definition) is 0. The molecule has 1 aromatic heterocycles. The summed E-state index contributed by atoms with van der Waals surface area (Å²) in [5.41, 5.74) is 1.40. The Morgan fingerprint density at radius 2 is 2.00 bits per heavy atom. The van der Waals surface area contributed by atoms with E-state index in [1.807, 2.05) is 0 Å². The zero-order valence-corrected chi connectivity index (χ0v) is 10.9. The van der Waals surface area contributed by atoms with Gasteiger partial charge in [0.1, 0.15) is 0 Å². The molecule has 6 heteroatoms. The molecule has 0 atom stereocenters. The van der Waals surface area contributed by atoms with Crippen molar-refractivity contribution in [3.05, 3.63) is 46.3 Å². The summed E-state index contributed by atoms with van der Waals surface area (Å²) in [6, 6.07) is 5.07. The highest BCUT2D eigenvalue weighted by Crippen LogP contribution is 2.28. The molecular weight excluding hydrogens is 275 g/mol. The minimum Gasteiger partial charge on any atom is -0.464 e. The van der Waals surface area contributed by atoms with Crippen LogP contribution < -0.4 is 0 Å². The number of ether oxygens (including phenoxy) is 1. The van der Waals surface area contributed by atoms with Gasteiger partial charge >= 0.3 is 5.97 Å². The molecule has 0 bridgehead atoms. The minimum atomic E-state index is -0.531. The van der Waals surface area contributed by atoms with E-state index in [0.717, 1.165) is 0 Å². The molecule has 0 saturated carbocycles. The number of carbonyl (C=O) groups excluding carboxylic acids is 1. The third kappa shape index (κ3) is 2.60. The normalized spacial score (nSPS) is 10.2. The van der Waals surface area contributed by atoms with Crippen molar-refractivity contribution in [1.29, 1.82) is 0 Å². The van der Waals surface area contributed by atoms with Crippen LogP contribution in [0.1, 0.15) is 10.5 Å². The Bertz CT molecular complexity index is 585. The fourth-order valence-electron chi connectivity index (χ4n) is 1.37. The maximum Gasteiger partial charge on any atom is 0.358 e. The van der Waals surface area contributed by atoms with Crippen molar-refractivity contribution >= 4 is 29.2 Å². The first-order valence-electron chi connectivity index (χ1n) is 4.97. The molecule has 0 amide bonds. The largest absolute Gasteiger partial charge is 0.464 e. The number of aromatic nitrogens is 2. The van der Waals surface area contributed by atoms with Gasteiger partial charge in [-0.1, -0.05) is 23.2 Å². The summed E-state index contributed by atoms with van der Waals surface area (Å²) in [6.07, 6.45) is 2.80. The Balaban J connectivity index is 2.37. The van der Waals surface area contributed by atoms with Gasteiger partial charge in [0.2, 0.25) is 0 Å². The summed E-state index contributed by atoms with van der Waals surface area (Å²) >= 11 is 11.9. The molecule has 0 aliphatic carbocycles. The fourth-order valence-corrected chi connectivity index (χ4v) is 1.88. The molecule has 0 N–H and O–H groups in total. The molecule has 2 rings (SSSR count). The number of carbonyl (C=O) groups is 1. The lowest BCUT2D eigenvalue weighted by Gasteiger charge is -2.04. The number of esters is 1. The predicted molar refractivity (Wildman–Crippen MR) is 68.8 cm³/mol. The van der Waals surface area contributed by atoms with Crippen LogP contribution in [0, 0.1) is 0 Å². The number of rotatable bonds is 2. The molecule has 18 heavy (non-hydrogen) atoms. The number of hydrogen-bond acceptors (Lipinski definition) is 4. The molecule has 2 aromatic rings. The smallest absolute Gasteiger partial charge is 0.358 e. The summed E-state index contributed by atoms with van der Waals surface area (Å²) in [5.74, 6) is -0.531. The average molecular weight is 283 g/mol. The molecule has 4 nitrogen and oxygen atoms in total. The van der Waals surface area contributed by atoms with Crippen molar-refractivity contribution < 1.29 is 9.53 Å². The number of benzene rings is 1. The molecule has 1 aromatic carbocycles.